The molecule has 0 spiro atoms. The van der Waals surface area contributed by atoms with Crippen LogP contribution in [-0.2, 0) is 13.5 Å². The highest BCUT2D eigenvalue weighted by Gasteiger charge is 2.37. The van der Waals surface area contributed by atoms with Gasteiger partial charge in [-0.15, -0.1) is 0 Å². The molecule has 0 radical (unpaired) electrons. The van der Waals surface area contributed by atoms with Crippen molar-refractivity contribution in [2.75, 3.05) is 7.05 Å². The number of aromatic nitrogens is 2. The predicted octanol–water partition coefficient (Wildman–Crippen LogP) is 2.77. The molecule has 3 heteroatoms. The van der Waals surface area contributed by atoms with E-state index in [1.807, 2.05) is 12.4 Å². The molecule has 1 aromatic rings. The topological polar surface area (TPSA) is 29.9 Å². The van der Waals surface area contributed by atoms with E-state index in [4.69, 9.17) is 0 Å². The van der Waals surface area contributed by atoms with Crippen LogP contribution in [0.1, 0.15) is 45.4 Å². The van der Waals surface area contributed by atoms with Gasteiger partial charge in [-0.25, -0.2) is 4.98 Å². The molecule has 102 valence electrons. The lowest BCUT2D eigenvalue weighted by atomic mass is 9.65. The van der Waals surface area contributed by atoms with E-state index in [1.54, 1.807) is 0 Å². The van der Waals surface area contributed by atoms with Gasteiger partial charge in [0.1, 0.15) is 5.82 Å². The SMILES string of the molecule is CNC(Cc1nccn1C)C1CCCCC1(C)C. The molecule has 1 aliphatic rings. The Kier molecular flexibility index (Phi) is 4.10. The van der Waals surface area contributed by atoms with Crippen molar-refractivity contribution in [2.24, 2.45) is 18.4 Å². The molecule has 1 heterocycles. The van der Waals surface area contributed by atoms with Crippen molar-refractivity contribution in [1.82, 2.24) is 14.9 Å². The summed E-state index contributed by atoms with van der Waals surface area (Å²) in [5, 5.41) is 3.54. The Labute approximate surface area is 111 Å². The van der Waals surface area contributed by atoms with E-state index in [-0.39, 0.29) is 0 Å². The Morgan fingerprint density at radius 1 is 1.50 bits per heavy atom. The van der Waals surface area contributed by atoms with Crippen LogP contribution < -0.4 is 5.32 Å². The van der Waals surface area contributed by atoms with Crippen molar-refractivity contribution in [3.05, 3.63) is 18.2 Å². The van der Waals surface area contributed by atoms with E-state index in [0.29, 0.717) is 11.5 Å². The smallest absolute Gasteiger partial charge is 0.109 e. The molecular weight excluding hydrogens is 222 g/mol. The van der Waals surface area contributed by atoms with Crippen LogP contribution in [0.15, 0.2) is 12.4 Å². The van der Waals surface area contributed by atoms with Crippen LogP contribution in [0.2, 0.25) is 0 Å². The van der Waals surface area contributed by atoms with Crippen molar-refractivity contribution < 1.29 is 0 Å². The fourth-order valence-electron chi connectivity index (χ4n) is 3.50. The zero-order valence-corrected chi connectivity index (χ0v) is 12.2. The van der Waals surface area contributed by atoms with Crippen molar-refractivity contribution >= 4 is 0 Å². The molecular formula is C15H27N3. The Morgan fingerprint density at radius 3 is 2.83 bits per heavy atom. The van der Waals surface area contributed by atoms with E-state index < -0.39 is 0 Å². The van der Waals surface area contributed by atoms with E-state index in [0.717, 1.165) is 12.3 Å². The third-order valence-electron chi connectivity index (χ3n) is 4.77. The highest BCUT2D eigenvalue weighted by molar-refractivity contribution is 4.99. The summed E-state index contributed by atoms with van der Waals surface area (Å²) in [4.78, 5) is 4.47. The molecule has 0 saturated heterocycles. The van der Waals surface area contributed by atoms with Crippen LogP contribution in [0.4, 0.5) is 0 Å². The summed E-state index contributed by atoms with van der Waals surface area (Å²) < 4.78 is 2.14. The van der Waals surface area contributed by atoms with E-state index >= 15 is 0 Å². The molecule has 1 fully saturated rings. The molecule has 1 N–H and O–H groups in total. The number of imidazole rings is 1. The molecule has 3 nitrogen and oxygen atoms in total. The second-order valence-electron chi connectivity index (χ2n) is 6.39. The maximum absolute atomic E-state index is 4.47. The number of hydrogen-bond donors (Lipinski definition) is 1. The largest absolute Gasteiger partial charge is 0.338 e. The Morgan fingerprint density at radius 2 is 2.28 bits per heavy atom. The fourth-order valence-corrected chi connectivity index (χ4v) is 3.50. The Hall–Kier alpha value is -0.830. The van der Waals surface area contributed by atoms with Crippen molar-refractivity contribution in [2.45, 2.75) is 52.0 Å². The molecule has 0 bridgehead atoms. The first-order valence-electron chi connectivity index (χ1n) is 7.18. The zero-order chi connectivity index (χ0) is 13.2. The minimum atomic E-state index is 0.455. The maximum atomic E-state index is 4.47. The summed E-state index contributed by atoms with van der Waals surface area (Å²) in [6, 6.07) is 0.543. The Balaban J connectivity index is 2.10. The first-order chi connectivity index (χ1) is 8.54. The van der Waals surface area contributed by atoms with Gasteiger partial charge in [0.25, 0.3) is 0 Å². The van der Waals surface area contributed by atoms with Gasteiger partial charge in [0.2, 0.25) is 0 Å². The highest BCUT2D eigenvalue weighted by atomic mass is 15.0. The summed E-state index contributed by atoms with van der Waals surface area (Å²) in [5.74, 6) is 1.95. The van der Waals surface area contributed by atoms with Crippen molar-refractivity contribution in [3.8, 4) is 0 Å². The van der Waals surface area contributed by atoms with Gasteiger partial charge < -0.3 is 9.88 Å². The zero-order valence-electron chi connectivity index (χ0n) is 12.2. The number of aryl methyl sites for hydroxylation is 1. The maximum Gasteiger partial charge on any atom is 0.109 e. The second-order valence-corrected chi connectivity index (χ2v) is 6.39. The molecule has 1 aromatic heterocycles. The van der Waals surface area contributed by atoms with E-state index in [9.17, 15) is 0 Å². The molecule has 2 atom stereocenters. The molecule has 1 aliphatic carbocycles. The summed E-state index contributed by atoms with van der Waals surface area (Å²) in [7, 11) is 4.18. The van der Waals surface area contributed by atoms with Crippen LogP contribution in [0.25, 0.3) is 0 Å². The molecule has 18 heavy (non-hydrogen) atoms. The normalized spacial score (nSPS) is 25.0. The van der Waals surface area contributed by atoms with E-state index in [2.05, 4.69) is 42.8 Å². The van der Waals surface area contributed by atoms with Gasteiger partial charge >= 0.3 is 0 Å². The summed E-state index contributed by atoms with van der Waals surface area (Å²) in [6.07, 6.45) is 10.4. The number of nitrogens with one attached hydrogen (secondary N) is 1. The van der Waals surface area contributed by atoms with Gasteiger partial charge in [-0.05, 0) is 31.2 Å². The fraction of sp³-hybridized carbons (Fsp3) is 0.800. The summed E-state index contributed by atoms with van der Waals surface area (Å²) in [6.45, 7) is 4.86. The summed E-state index contributed by atoms with van der Waals surface area (Å²) in [5.41, 5.74) is 0.455. The van der Waals surface area contributed by atoms with Crippen LogP contribution in [-0.4, -0.2) is 22.6 Å². The molecule has 0 aromatic carbocycles. The highest BCUT2D eigenvalue weighted by Crippen LogP contribution is 2.42. The van der Waals surface area contributed by atoms with Gasteiger partial charge in [0, 0.05) is 31.9 Å². The first kappa shape index (κ1) is 13.6. The number of nitrogens with zero attached hydrogens (tertiary/aromatic N) is 2. The van der Waals surface area contributed by atoms with Gasteiger partial charge in [0.15, 0.2) is 0 Å². The molecule has 0 amide bonds. The van der Waals surface area contributed by atoms with Crippen LogP contribution in [0.3, 0.4) is 0 Å². The molecule has 2 unspecified atom stereocenters. The van der Waals surface area contributed by atoms with Crippen LogP contribution in [0, 0.1) is 11.3 Å². The van der Waals surface area contributed by atoms with Crippen molar-refractivity contribution in [3.63, 3.8) is 0 Å². The lowest BCUT2D eigenvalue weighted by Gasteiger charge is -2.43. The van der Waals surface area contributed by atoms with Gasteiger partial charge in [-0.1, -0.05) is 26.7 Å². The first-order valence-corrected chi connectivity index (χ1v) is 7.18. The summed E-state index contributed by atoms with van der Waals surface area (Å²) >= 11 is 0. The monoisotopic (exact) mass is 249 g/mol. The van der Waals surface area contributed by atoms with Gasteiger partial charge in [-0.3, -0.25) is 0 Å². The lowest BCUT2D eigenvalue weighted by molar-refractivity contribution is 0.100. The third-order valence-corrected chi connectivity index (χ3v) is 4.77. The average Bonchev–Trinajstić information content (AvgIpc) is 2.72. The molecule has 0 aliphatic heterocycles. The molecule has 2 rings (SSSR count). The van der Waals surface area contributed by atoms with Crippen molar-refractivity contribution in [1.29, 1.82) is 0 Å². The number of hydrogen-bond acceptors (Lipinski definition) is 2. The van der Waals surface area contributed by atoms with Crippen LogP contribution in [0.5, 0.6) is 0 Å². The van der Waals surface area contributed by atoms with E-state index in [1.165, 1.54) is 31.5 Å². The average molecular weight is 249 g/mol. The predicted molar refractivity (Wildman–Crippen MR) is 75.5 cm³/mol. The molecule has 1 saturated carbocycles. The standard InChI is InChI=1S/C15H27N3/c1-15(2)8-6-5-7-12(15)13(16-3)11-14-17-9-10-18(14)4/h9-10,12-13,16H,5-8,11H2,1-4H3. The minimum Gasteiger partial charge on any atom is -0.338 e. The number of rotatable bonds is 4. The van der Waals surface area contributed by atoms with Crippen LogP contribution >= 0.6 is 0 Å². The quantitative estimate of drug-likeness (QED) is 0.889. The Bertz CT molecular complexity index is 381. The minimum absolute atomic E-state index is 0.455. The number of likely N-dealkylation sites (N-methyl/N-ethyl adjacent to an activating group) is 1. The second kappa shape index (κ2) is 5.43. The third kappa shape index (κ3) is 2.77. The lowest BCUT2D eigenvalue weighted by Crippen LogP contribution is -2.45. The van der Waals surface area contributed by atoms with Gasteiger partial charge in [0.05, 0.1) is 0 Å². The van der Waals surface area contributed by atoms with Gasteiger partial charge in [-0.2, -0.15) is 0 Å².